The quantitative estimate of drug-likeness (QED) is 0.692. The summed E-state index contributed by atoms with van der Waals surface area (Å²) in [7, 11) is -3.37. The molecule has 2 aromatic rings. The molecular formula is C22H27N3O3S. The highest BCUT2D eigenvalue weighted by molar-refractivity contribution is 7.92. The first kappa shape index (κ1) is 21.0. The van der Waals surface area contributed by atoms with Crippen LogP contribution < -0.4 is 14.4 Å². The van der Waals surface area contributed by atoms with Gasteiger partial charge in [-0.15, -0.1) is 0 Å². The van der Waals surface area contributed by atoms with Crippen molar-refractivity contribution in [2.45, 2.75) is 39.2 Å². The van der Waals surface area contributed by atoms with Crippen LogP contribution in [0.4, 0.5) is 11.4 Å². The van der Waals surface area contributed by atoms with Gasteiger partial charge < -0.3 is 9.64 Å². The molecule has 0 aromatic heterocycles. The molecule has 1 aliphatic heterocycles. The van der Waals surface area contributed by atoms with E-state index in [2.05, 4.69) is 15.7 Å². The predicted octanol–water partition coefficient (Wildman–Crippen LogP) is 4.43. The number of anilines is 2. The van der Waals surface area contributed by atoms with Crippen molar-refractivity contribution >= 4 is 21.4 Å². The number of hydrogen-bond donors (Lipinski definition) is 1. The van der Waals surface area contributed by atoms with Gasteiger partial charge in [0.25, 0.3) is 0 Å². The molecule has 1 heterocycles. The van der Waals surface area contributed by atoms with Crippen LogP contribution in [0.5, 0.6) is 5.75 Å². The molecule has 2 atom stereocenters. The van der Waals surface area contributed by atoms with Gasteiger partial charge in [0.1, 0.15) is 5.75 Å². The van der Waals surface area contributed by atoms with E-state index >= 15 is 0 Å². The number of nitrogens with one attached hydrogen (secondary N) is 1. The molecule has 0 bridgehead atoms. The lowest BCUT2D eigenvalue weighted by Gasteiger charge is -2.28. The lowest BCUT2D eigenvalue weighted by atomic mass is 9.91. The summed E-state index contributed by atoms with van der Waals surface area (Å²) in [5.74, 6) is 0.553. The highest BCUT2D eigenvalue weighted by Crippen LogP contribution is 2.49. The molecule has 0 amide bonds. The standard InChI is InChI=1S/C22H27N3O3S/c1-4-13-29(26,27)24-17-9-12-19-20(15-23)22(25(5-2)21(19)14-17)16-7-10-18(11-8-16)28-6-3/h7-12,14,20,22,24H,4-6,13H2,1-3H3. The molecule has 154 valence electrons. The van der Waals surface area contributed by atoms with E-state index in [0.717, 1.165) is 22.6 Å². The van der Waals surface area contributed by atoms with Gasteiger partial charge >= 0.3 is 0 Å². The first-order valence-electron chi connectivity index (χ1n) is 9.97. The molecule has 2 unspecified atom stereocenters. The third-order valence-corrected chi connectivity index (χ3v) is 6.58. The van der Waals surface area contributed by atoms with Crippen molar-refractivity contribution in [3.63, 3.8) is 0 Å². The van der Waals surface area contributed by atoms with E-state index in [4.69, 9.17) is 4.74 Å². The van der Waals surface area contributed by atoms with Crippen molar-refractivity contribution in [3.05, 3.63) is 53.6 Å². The maximum Gasteiger partial charge on any atom is 0.232 e. The summed E-state index contributed by atoms with van der Waals surface area (Å²) in [6, 6.07) is 15.6. The summed E-state index contributed by atoms with van der Waals surface area (Å²) in [6.07, 6.45) is 0.553. The number of sulfonamides is 1. The van der Waals surface area contributed by atoms with E-state index < -0.39 is 10.0 Å². The zero-order valence-corrected chi connectivity index (χ0v) is 17.9. The van der Waals surface area contributed by atoms with Crippen LogP contribution in [-0.4, -0.2) is 27.3 Å². The van der Waals surface area contributed by atoms with Gasteiger partial charge in [-0.3, -0.25) is 4.72 Å². The molecule has 0 spiro atoms. The molecule has 0 fully saturated rings. The summed E-state index contributed by atoms with van der Waals surface area (Å²) >= 11 is 0. The molecule has 3 rings (SSSR count). The number of ether oxygens (including phenoxy) is 1. The van der Waals surface area contributed by atoms with Gasteiger partial charge in [0.15, 0.2) is 0 Å². The van der Waals surface area contributed by atoms with E-state index in [9.17, 15) is 13.7 Å². The predicted molar refractivity (Wildman–Crippen MR) is 116 cm³/mol. The Balaban J connectivity index is 1.97. The minimum atomic E-state index is -3.37. The van der Waals surface area contributed by atoms with Crippen molar-refractivity contribution in [1.82, 2.24) is 0 Å². The Labute approximate surface area is 173 Å². The molecule has 1 N–H and O–H groups in total. The zero-order chi connectivity index (χ0) is 21.0. The lowest BCUT2D eigenvalue weighted by Crippen LogP contribution is -2.26. The summed E-state index contributed by atoms with van der Waals surface area (Å²) in [5, 5.41) is 9.91. The van der Waals surface area contributed by atoms with Gasteiger partial charge in [0.05, 0.1) is 36.1 Å². The normalized spacial score (nSPS) is 18.2. The Morgan fingerprint density at radius 2 is 1.86 bits per heavy atom. The van der Waals surface area contributed by atoms with Gasteiger partial charge in [0, 0.05) is 12.2 Å². The van der Waals surface area contributed by atoms with Crippen LogP contribution in [0.1, 0.15) is 50.3 Å². The molecule has 0 radical (unpaired) electrons. The second-order valence-electron chi connectivity index (χ2n) is 7.03. The molecule has 1 aliphatic rings. The molecule has 6 nitrogen and oxygen atoms in total. The zero-order valence-electron chi connectivity index (χ0n) is 17.1. The average Bonchev–Trinajstić information content (AvgIpc) is 3.01. The topological polar surface area (TPSA) is 82.4 Å². The van der Waals surface area contributed by atoms with Gasteiger partial charge in [0.2, 0.25) is 10.0 Å². The Hall–Kier alpha value is -2.72. The third kappa shape index (κ3) is 4.33. The second-order valence-corrected chi connectivity index (χ2v) is 8.88. The highest BCUT2D eigenvalue weighted by atomic mass is 32.2. The molecule has 29 heavy (non-hydrogen) atoms. The van der Waals surface area contributed by atoms with Crippen LogP contribution in [0.2, 0.25) is 0 Å². The van der Waals surface area contributed by atoms with Crippen molar-refractivity contribution in [1.29, 1.82) is 5.26 Å². The molecule has 7 heteroatoms. The summed E-state index contributed by atoms with van der Waals surface area (Å²) in [4.78, 5) is 2.16. The number of benzene rings is 2. The number of rotatable bonds is 8. The molecule has 0 saturated carbocycles. The fourth-order valence-corrected chi connectivity index (χ4v) is 5.05. The molecule has 2 aromatic carbocycles. The Bertz CT molecular complexity index is 997. The Kier molecular flexibility index (Phi) is 6.33. The highest BCUT2D eigenvalue weighted by Gasteiger charge is 2.39. The monoisotopic (exact) mass is 413 g/mol. The largest absolute Gasteiger partial charge is 0.494 e. The van der Waals surface area contributed by atoms with E-state index in [1.54, 1.807) is 6.07 Å². The number of hydrogen-bond acceptors (Lipinski definition) is 5. The molecular weight excluding hydrogens is 386 g/mol. The van der Waals surface area contributed by atoms with E-state index in [1.165, 1.54) is 0 Å². The smallest absolute Gasteiger partial charge is 0.232 e. The first-order valence-corrected chi connectivity index (χ1v) is 11.6. The maximum absolute atomic E-state index is 12.2. The van der Waals surface area contributed by atoms with Gasteiger partial charge in [-0.25, -0.2) is 8.42 Å². The van der Waals surface area contributed by atoms with Gasteiger partial charge in [-0.1, -0.05) is 25.1 Å². The van der Waals surface area contributed by atoms with Crippen LogP contribution in [0.15, 0.2) is 42.5 Å². The Morgan fingerprint density at radius 3 is 2.45 bits per heavy atom. The van der Waals surface area contributed by atoms with Crippen molar-refractivity contribution in [2.75, 3.05) is 28.5 Å². The minimum Gasteiger partial charge on any atom is -0.494 e. The third-order valence-electron chi connectivity index (χ3n) is 5.09. The SMILES string of the molecule is CCCS(=O)(=O)Nc1ccc2c(c1)N(CC)C(c1ccc(OCC)cc1)C2C#N. The van der Waals surface area contributed by atoms with Crippen LogP contribution in [0.25, 0.3) is 0 Å². The number of nitrogens with zero attached hydrogens (tertiary/aromatic N) is 2. The average molecular weight is 414 g/mol. The van der Waals surface area contributed by atoms with Gasteiger partial charge in [-0.2, -0.15) is 5.26 Å². The number of nitriles is 1. The summed E-state index contributed by atoms with van der Waals surface area (Å²) in [6.45, 7) is 7.12. The van der Waals surface area contributed by atoms with E-state index in [-0.39, 0.29) is 17.7 Å². The second kappa shape index (κ2) is 8.75. The van der Waals surface area contributed by atoms with Crippen LogP contribution in [-0.2, 0) is 10.0 Å². The maximum atomic E-state index is 12.2. The molecule has 0 saturated heterocycles. The Morgan fingerprint density at radius 1 is 1.14 bits per heavy atom. The summed E-state index contributed by atoms with van der Waals surface area (Å²) < 4.78 is 32.5. The lowest BCUT2D eigenvalue weighted by molar-refractivity contribution is 0.340. The summed E-state index contributed by atoms with van der Waals surface area (Å²) in [5.41, 5.74) is 3.38. The van der Waals surface area contributed by atoms with Crippen LogP contribution >= 0.6 is 0 Å². The van der Waals surface area contributed by atoms with Crippen molar-refractivity contribution in [3.8, 4) is 11.8 Å². The first-order chi connectivity index (χ1) is 13.9. The van der Waals surface area contributed by atoms with E-state index in [0.29, 0.717) is 25.3 Å². The van der Waals surface area contributed by atoms with E-state index in [1.807, 2.05) is 57.2 Å². The number of fused-ring (bicyclic) bond motifs is 1. The van der Waals surface area contributed by atoms with Crippen LogP contribution in [0.3, 0.4) is 0 Å². The minimum absolute atomic E-state index is 0.0806. The van der Waals surface area contributed by atoms with Crippen molar-refractivity contribution in [2.24, 2.45) is 0 Å². The van der Waals surface area contributed by atoms with Gasteiger partial charge in [-0.05, 0) is 55.7 Å². The molecule has 0 aliphatic carbocycles. The fourth-order valence-electron chi connectivity index (χ4n) is 3.93. The van der Waals surface area contributed by atoms with Crippen molar-refractivity contribution < 1.29 is 13.2 Å². The van der Waals surface area contributed by atoms with Crippen LogP contribution in [0, 0.1) is 11.3 Å². The fraction of sp³-hybridized carbons (Fsp3) is 0.409. The number of likely N-dealkylation sites (N-methyl/N-ethyl adjacent to an activating group) is 1.